The zero-order chi connectivity index (χ0) is 12.3. The highest BCUT2D eigenvalue weighted by molar-refractivity contribution is 5.65. The second kappa shape index (κ2) is 4.71. The molecular weight excluding hydrogens is 212 g/mol. The van der Waals surface area contributed by atoms with Gasteiger partial charge in [0.15, 0.2) is 0 Å². The average Bonchev–Trinajstić information content (AvgIpc) is 2.82. The predicted octanol–water partition coefficient (Wildman–Crippen LogP) is 2.48. The number of rotatable bonds is 3. The van der Waals surface area contributed by atoms with Crippen molar-refractivity contribution in [3.8, 4) is 17.3 Å². The van der Waals surface area contributed by atoms with Crippen LogP contribution in [0.15, 0.2) is 24.5 Å². The van der Waals surface area contributed by atoms with Crippen molar-refractivity contribution < 1.29 is 0 Å². The lowest BCUT2D eigenvalue weighted by molar-refractivity contribution is 0.916. The molecule has 0 aliphatic carbocycles. The van der Waals surface area contributed by atoms with Crippen LogP contribution in [0.4, 0.5) is 5.82 Å². The van der Waals surface area contributed by atoms with E-state index in [-0.39, 0.29) is 0 Å². The van der Waals surface area contributed by atoms with Crippen LogP contribution in [0.25, 0.3) is 11.3 Å². The molecule has 3 N–H and O–H groups in total. The van der Waals surface area contributed by atoms with Gasteiger partial charge in [0.25, 0.3) is 0 Å². The van der Waals surface area contributed by atoms with Crippen LogP contribution < -0.4 is 5.73 Å². The van der Waals surface area contributed by atoms with Crippen LogP contribution in [0.3, 0.4) is 0 Å². The van der Waals surface area contributed by atoms with E-state index in [1.807, 2.05) is 24.5 Å². The lowest BCUT2D eigenvalue weighted by Crippen LogP contribution is -2.01. The van der Waals surface area contributed by atoms with E-state index < -0.39 is 0 Å². The number of aromatic amines is 1. The monoisotopic (exact) mass is 226 g/mol. The lowest BCUT2D eigenvalue weighted by Gasteiger charge is -2.07. The van der Waals surface area contributed by atoms with Crippen LogP contribution in [0.5, 0.6) is 0 Å². The van der Waals surface area contributed by atoms with Gasteiger partial charge >= 0.3 is 0 Å². The number of nitriles is 1. The van der Waals surface area contributed by atoms with Crippen molar-refractivity contribution in [2.24, 2.45) is 0 Å². The molecule has 2 aromatic rings. The standard InChI is InChI=1S/C13H14N4/c1-2-3-9-6-12(10-4-5-16-8-10)17-13(15)11(9)7-14/h4-6,8,16H,2-3H2,1H3,(H2,15,17). The van der Waals surface area contributed by atoms with Crippen molar-refractivity contribution in [2.45, 2.75) is 19.8 Å². The zero-order valence-corrected chi connectivity index (χ0v) is 9.70. The molecule has 0 aliphatic heterocycles. The van der Waals surface area contributed by atoms with Crippen molar-refractivity contribution >= 4 is 5.82 Å². The van der Waals surface area contributed by atoms with Gasteiger partial charge in [-0.15, -0.1) is 0 Å². The first-order chi connectivity index (χ1) is 8.26. The van der Waals surface area contributed by atoms with Crippen molar-refractivity contribution in [3.63, 3.8) is 0 Å². The number of nitrogens with one attached hydrogen (secondary N) is 1. The molecule has 0 amide bonds. The van der Waals surface area contributed by atoms with Gasteiger partial charge in [0.1, 0.15) is 11.9 Å². The lowest BCUT2D eigenvalue weighted by atomic mass is 10.0. The van der Waals surface area contributed by atoms with E-state index in [0.29, 0.717) is 11.4 Å². The van der Waals surface area contributed by atoms with E-state index in [0.717, 1.165) is 29.7 Å². The maximum atomic E-state index is 9.07. The van der Waals surface area contributed by atoms with E-state index in [1.165, 1.54) is 0 Å². The van der Waals surface area contributed by atoms with Crippen LogP contribution in [-0.4, -0.2) is 9.97 Å². The molecule has 4 nitrogen and oxygen atoms in total. The third kappa shape index (κ3) is 2.13. The SMILES string of the molecule is CCCc1cc(-c2cc[nH]c2)nc(N)c1C#N. The number of aryl methyl sites for hydroxylation is 1. The molecule has 86 valence electrons. The molecule has 0 bridgehead atoms. The van der Waals surface area contributed by atoms with Gasteiger partial charge in [0.05, 0.1) is 11.3 Å². The molecule has 4 heteroatoms. The maximum Gasteiger partial charge on any atom is 0.142 e. The molecule has 2 rings (SSSR count). The second-order valence-corrected chi connectivity index (χ2v) is 3.89. The number of H-pyrrole nitrogens is 1. The number of hydrogen-bond acceptors (Lipinski definition) is 3. The van der Waals surface area contributed by atoms with Gasteiger partial charge in [-0.1, -0.05) is 13.3 Å². The molecule has 17 heavy (non-hydrogen) atoms. The molecule has 0 aromatic carbocycles. The number of anilines is 1. The predicted molar refractivity (Wildman–Crippen MR) is 67.1 cm³/mol. The molecule has 2 aromatic heterocycles. The van der Waals surface area contributed by atoms with Crippen LogP contribution in [0, 0.1) is 11.3 Å². The fraction of sp³-hybridized carbons (Fsp3) is 0.231. The summed E-state index contributed by atoms with van der Waals surface area (Å²) in [5, 5.41) is 9.07. The Morgan fingerprint density at radius 3 is 2.94 bits per heavy atom. The highest BCUT2D eigenvalue weighted by Crippen LogP contribution is 2.24. The highest BCUT2D eigenvalue weighted by Gasteiger charge is 2.10. The Balaban J connectivity index is 2.55. The smallest absolute Gasteiger partial charge is 0.142 e. The minimum atomic E-state index is 0.314. The molecule has 2 heterocycles. The number of nitrogen functional groups attached to an aromatic ring is 1. The van der Waals surface area contributed by atoms with Crippen molar-refractivity contribution in [1.82, 2.24) is 9.97 Å². The summed E-state index contributed by atoms with van der Waals surface area (Å²) < 4.78 is 0. The molecule has 0 fully saturated rings. The summed E-state index contributed by atoms with van der Waals surface area (Å²) >= 11 is 0. The zero-order valence-electron chi connectivity index (χ0n) is 9.70. The Hall–Kier alpha value is -2.28. The maximum absolute atomic E-state index is 9.07. The van der Waals surface area contributed by atoms with Crippen molar-refractivity contribution in [2.75, 3.05) is 5.73 Å². The summed E-state index contributed by atoms with van der Waals surface area (Å²) in [4.78, 5) is 7.25. The summed E-state index contributed by atoms with van der Waals surface area (Å²) in [6.07, 6.45) is 5.52. The minimum Gasteiger partial charge on any atom is -0.383 e. The van der Waals surface area contributed by atoms with Gasteiger partial charge in [0.2, 0.25) is 0 Å². The first kappa shape index (κ1) is 11.2. The van der Waals surface area contributed by atoms with Gasteiger partial charge in [0, 0.05) is 18.0 Å². The second-order valence-electron chi connectivity index (χ2n) is 3.89. The quantitative estimate of drug-likeness (QED) is 0.843. The molecule has 0 spiro atoms. The molecule has 0 radical (unpaired) electrons. The number of nitrogens with zero attached hydrogens (tertiary/aromatic N) is 2. The molecule has 0 saturated heterocycles. The molecule has 0 unspecified atom stereocenters. The third-order valence-corrected chi connectivity index (χ3v) is 2.65. The summed E-state index contributed by atoms with van der Waals surface area (Å²) in [6.45, 7) is 2.08. The van der Waals surface area contributed by atoms with Crippen LogP contribution >= 0.6 is 0 Å². The summed E-state index contributed by atoms with van der Waals surface area (Å²) in [5.41, 5.74) is 9.10. The topological polar surface area (TPSA) is 78.5 Å². The Kier molecular flexibility index (Phi) is 3.10. The number of aromatic nitrogens is 2. The Morgan fingerprint density at radius 1 is 1.53 bits per heavy atom. The van der Waals surface area contributed by atoms with Crippen LogP contribution in [0.1, 0.15) is 24.5 Å². The first-order valence-corrected chi connectivity index (χ1v) is 5.59. The Bertz CT molecular complexity index is 550. The molecule has 0 atom stereocenters. The number of nitrogens with two attached hydrogens (primary N) is 1. The van der Waals surface area contributed by atoms with E-state index >= 15 is 0 Å². The van der Waals surface area contributed by atoms with Crippen LogP contribution in [-0.2, 0) is 6.42 Å². The van der Waals surface area contributed by atoms with Gasteiger partial charge in [-0.3, -0.25) is 0 Å². The van der Waals surface area contributed by atoms with E-state index in [2.05, 4.69) is 23.0 Å². The van der Waals surface area contributed by atoms with Gasteiger partial charge in [-0.2, -0.15) is 5.26 Å². The fourth-order valence-corrected chi connectivity index (χ4v) is 1.85. The van der Waals surface area contributed by atoms with Crippen molar-refractivity contribution in [3.05, 3.63) is 35.7 Å². The Labute approximate surface area is 100 Å². The van der Waals surface area contributed by atoms with Crippen molar-refractivity contribution in [1.29, 1.82) is 5.26 Å². The van der Waals surface area contributed by atoms with Crippen LogP contribution in [0.2, 0.25) is 0 Å². The van der Waals surface area contributed by atoms with E-state index in [9.17, 15) is 0 Å². The summed E-state index contributed by atoms with van der Waals surface area (Å²) in [6, 6.07) is 6.01. The van der Waals surface area contributed by atoms with Gasteiger partial charge in [-0.25, -0.2) is 4.98 Å². The Morgan fingerprint density at radius 2 is 2.35 bits per heavy atom. The fourth-order valence-electron chi connectivity index (χ4n) is 1.85. The molecular formula is C13H14N4. The molecule has 0 saturated carbocycles. The summed E-state index contributed by atoms with van der Waals surface area (Å²) in [5.74, 6) is 0.314. The first-order valence-electron chi connectivity index (χ1n) is 5.59. The van der Waals surface area contributed by atoms with E-state index in [4.69, 9.17) is 11.0 Å². The minimum absolute atomic E-state index is 0.314. The normalized spacial score (nSPS) is 10.1. The highest BCUT2D eigenvalue weighted by atomic mass is 14.9. The largest absolute Gasteiger partial charge is 0.383 e. The van der Waals surface area contributed by atoms with E-state index in [1.54, 1.807) is 0 Å². The third-order valence-electron chi connectivity index (χ3n) is 2.65. The molecule has 0 aliphatic rings. The summed E-state index contributed by atoms with van der Waals surface area (Å²) in [7, 11) is 0. The average molecular weight is 226 g/mol. The number of pyridine rings is 1. The number of hydrogen-bond donors (Lipinski definition) is 2. The van der Waals surface area contributed by atoms with Gasteiger partial charge < -0.3 is 10.7 Å². The van der Waals surface area contributed by atoms with Gasteiger partial charge in [-0.05, 0) is 24.1 Å².